The number of fused-ring (bicyclic) bond motifs is 3. The molecule has 4 rings (SSSR count). The Balaban J connectivity index is 0.00000182. The van der Waals surface area contributed by atoms with Gasteiger partial charge in [-0.1, -0.05) is 30.3 Å². The third-order valence-corrected chi connectivity index (χ3v) is 5.23. The maximum Gasteiger partial charge on any atom is 0.252 e. The van der Waals surface area contributed by atoms with E-state index in [0.717, 1.165) is 38.0 Å². The van der Waals surface area contributed by atoms with Crippen molar-refractivity contribution < 1.29 is 22.5 Å². The third kappa shape index (κ3) is 3.44. The van der Waals surface area contributed by atoms with Crippen molar-refractivity contribution in [2.45, 2.75) is 38.6 Å². The van der Waals surface area contributed by atoms with E-state index in [2.05, 4.69) is 55.6 Å². The second-order valence-electron chi connectivity index (χ2n) is 7.75. The van der Waals surface area contributed by atoms with Crippen LogP contribution in [0.5, 0.6) is 0 Å². The third-order valence-electron chi connectivity index (χ3n) is 5.23. The molecule has 0 aromatic heterocycles. The molecule has 1 fully saturated rings. The minimum absolute atomic E-state index is 0. The molecule has 2 aromatic carbocycles. The molecule has 2 aliphatic heterocycles. The van der Waals surface area contributed by atoms with Gasteiger partial charge in [0.25, 0.3) is 5.91 Å². The standard InChI is InChI=1S/C21H24N2O.ClH/c1-21(2)14-18-16-8-4-3-7-15(16)9-10-17(18)19(22-21)13-20(24)23-11-5-6-12-23;/h3-4,7-10,13,22H,5-6,11-12,14H2,1-2H3;1H. The van der Waals surface area contributed by atoms with Gasteiger partial charge in [-0.05, 0) is 49.1 Å². The molecule has 0 unspecified atom stereocenters. The summed E-state index contributed by atoms with van der Waals surface area (Å²) in [6.45, 7) is 6.31. The van der Waals surface area contributed by atoms with Crippen LogP contribution in [0.4, 0.5) is 0 Å². The Morgan fingerprint density at radius 3 is 2.60 bits per heavy atom. The van der Waals surface area contributed by atoms with Gasteiger partial charge in [0.05, 0.1) is 11.6 Å². The SMILES string of the molecule is CC1(C)Cc2c(ccc3ccccc23)C(=CC(=O)N2CCCC2)[NH2+]1.[Cl-]. The average Bonchev–Trinajstić information content (AvgIpc) is 3.08. The van der Waals surface area contributed by atoms with E-state index >= 15 is 0 Å². The Morgan fingerprint density at radius 1 is 1.12 bits per heavy atom. The van der Waals surface area contributed by atoms with E-state index in [0.29, 0.717) is 0 Å². The number of benzene rings is 2. The second kappa shape index (κ2) is 6.81. The zero-order chi connectivity index (χ0) is 16.7. The van der Waals surface area contributed by atoms with Gasteiger partial charge in [0.1, 0.15) is 5.70 Å². The van der Waals surface area contributed by atoms with Crippen LogP contribution in [0.2, 0.25) is 0 Å². The number of quaternary nitrogens is 1. The van der Waals surface area contributed by atoms with Gasteiger partial charge in [0, 0.05) is 25.1 Å². The summed E-state index contributed by atoms with van der Waals surface area (Å²) in [5.41, 5.74) is 3.75. The number of likely N-dealkylation sites (tertiary alicyclic amines) is 1. The lowest BCUT2D eigenvalue weighted by Crippen LogP contribution is -3.00. The fourth-order valence-electron chi connectivity index (χ4n) is 4.08. The molecule has 0 radical (unpaired) electrons. The van der Waals surface area contributed by atoms with Crippen LogP contribution in [0.3, 0.4) is 0 Å². The zero-order valence-corrected chi connectivity index (χ0v) is 15.6. The van der Waals surface area contributed by atoms with Gasteiger partial charge in [-0.25, -0.2) is 0 Å². The van der Waals surface area contributed by atoms with Gasteiger partial charge in [0.15, 0.2) is 0 Å². The summed E-state index contributed by atoms with van der Waals surface area (Å²) in [4.78, 5) is 14.6. The fourth-order valence-corrected chi connectivity index (χ4v) is 4.08. The summed E-state index contributed by atoms with van der Waals surface area (Å²) < 4.78 is 0. The smallest absolute Gasteiger partial charge is 0.252 e. The number of hydrogen-bond acceptors (Lipinski definition) is 1. The number of hydrogen-bond donors (Lipinski definition) is 1. The maximum atomic E-state index is 12.6. The molecule has 0 saturated carbocycles. The summed E-state index contributed by atoms with van der Waals surface area (Å²) >= 11 is 0. The van der Waals surface area contributed by atoms with E-state index in [1.165, 1.54) is 21.9 Å². The highest BCUT2D eigenvalue weighted by molar-refractivity contribution is 5.96. The quantitative estimate of drug-likeness (QED) is 0.700. The van der Waals surface area contributed by atoms with Crippen molar-refractivity contribution in [3.05, 3.63) is 53.6 Å². The van der Waals surface area contributed by atoms with Crippen LogP contribution in [0.1, 0.15) is 37.8 Å². The highest BCUT2D eigenvalue weighted by Gasteiger charge is 2.34. The van der Waals surface area contributed by atoms with E-state index in [4.69, 9.17) is 0 Å². The normalized spacial score (nSPS) is 20.4. The van der Waals surface area contributed by atoms with Crippen molar-refractivity contribution in [2.24, 2.45) is 0 Å². The first kappa shape index (κ1) is 18.0. The number of carbonyl (C=O) groups excluding carboxylic acids is 1. The Bertz CT molecular complexity index is 835. The molecular weight excluding hydrogens is 332 g/mol. The minimum atomic E-state index is 0. The van der Waals surface area contributed by atoms with Crippen LogP contribution in [0, 0.1) is 0 Å². The van der Waals surface area contributed by atoms with Crippen molar-refractivity contribution in [3.63, 3.8) is 0 Å². The van der Waals surface area contributed by atoms with Crippen LogP contribution < -0.4 is 17.7 Å². The molecule has 0 bridgehead atoms. The van der Waals surface area contributed by atoms with Gasteiger partial charge in [-0.15, -0.1) is 0 Å². The first-order valence-corrected chi connectivity index (χ1v) is 8.91. The van der Waals surface area contributed by atoms with Gasteiger partial charge in [0.2, 0.25) is 0 Å². The highest BCUT2D eigenvalue weighted by Crippen LogP contribution is 2.31. The van der Waals surface area contributed by atoms with Crippen molar-refractivity contribution >= 4 is 22.4 Å². The van der Waals surface area contributed by atoms with Crippen molar-refractivity contribution in [3.8, 4) is 0 Å². The van der Waals surface area contributed by atoms with E-state index in [1.807, 2.05) is 11.0 Å². The van der Waals surface area contributed by atoms with Gasteiger partial charge in [-0.2, -0.15) is 0 Å². The van der Waals surface area contributed by atoms with Gasteiger partial charge in [-0.3, -0.25) is 4.79 Å². The lowest BCUT2D eigenvalue weighted by molar-refractivity contribution is -0.641. The van der Waals surface area contributed by atoms with E-state index in [9.17, 15) is 4.79 Å². The molecule has 132 valence electrons. The summed E-state index contributed by atoms with van der Waals surface area (Å²) in [7, 11) is 0. The van der Waals surface area contributed by atoms with Crippen molar-refractivity contribution in [1.82, 2.24) is 4.90 Å². The highest BCUT2D eigenvalue weighted by atomic mass is 35.5. The summed E-state index contributed by atoms with van der Waals surface area (Å²) in [6.07, 6.45) is 5.13. The number of nitrogens with two attached hydrogens (primary N) is 1. The molecule has 0 atom stereocenters. The Kier molecular flexibility index (Phi) is 4.90. The predicted octanol–water partition coefficient (Wildman–Crippen LogP) is -0.295. The predicted molar refractivity (Wildman–Crippen MR) is 97.4 cm³/mol. The van der Waals surface area contributed by atoms with Gasteiger partial charge < -0.3 is 22.6 Å². The van der Waals surface area contributed by atoms with Gasteiger partial charge >= 0.3 is 0 Å². The molecular formula is C21H25ClN2O. The zero-order valence-electron chi connectivity index (χ0n) is 14.9. The van der Waals surface area contributed by atoms with E-state index in [1.54, 1.807) is 0 Å². The monoisotopic (exact) mass is 356 g/mol. The minimum Gasteiger partial charge on any atom is -1.00 e. The molecule has 1 saturated heterocycles. The van der Waals surface area contributed by atoms with Crippen LogP contribution >= 0.6 is 0 Å². The molecule has 2 heterocycles. The van der Waals surface area contributed by atoms with E-state index in [-0.39, 0.29) is 23.9 Å². The summed E-state index contributed by atoms with van der Waals surface area (Å²) in [6, 6.07) is 12.9. The largest absolute Gasteiger partial charge is 1.00 e. The topological polar surface area (TPSA) is 36.9 Å². The first-order chi connectivity index (χ1) is 11.5. The van der Waals surface area contributed by atoms with Crippen LogP contribution in [-0.4, -0.2) is 29.4 Å². The number of amides is 1. The van der Waals surface area contributed by atoms with Crippen molar-refractivity contribution in [1.29, 1.82) is 0 Å². The molecule has 2 aromatic rings. The maximum absolute atomic E-state index is 12.6. The van der Waals surface area contributed by atoms with Crippen molar-refractivity contribution in [2.75, 3.05) is 13.1 Å². The second-order valence-corrected chi connectivity index (χ2v) is 7.75. The average molecular weight is 357 g/mol. The summed E-state index contributed by atoms with van der Waals surface area (Å²) in [5.74, 6) is 0.163. The molecule has 25 heavy (non-hydrogen) atoms. The van der Waals surface area contributed by atoms with Crippen LogP contribution in [-0.2, 0) is 11.2 Å². The molecule has 2 aliphatic rings. The van der Waals surface area contributed by atoms with E-state index < -0.39 is 0 Å². The molecule has 4 heteroatoms. The Hall–Kier alpha value is -1.84. The first-order valence-electron chi connectivity index (χ1n) is 8.91. The number of halogens is 1. The lowest BCUT2D eigenvalue weighted by atomic mass is 9.83. The lowest BCUT2D eigenvalue weighted by Gasteiger charge is -2.31. The van der Waals surface area contributed by atoms with Crippen LogP contribution in [0.15, 0.2) is 42.5 Å². The Morgan fingerprint density at radius 2 is 1.84 bits per heavy atom. The summed E-state index contributed by atoms with van der Waals surface area (Å²) in [5, 5.41) is 4.87. The molecule has 3 nitrogen and oxygen atoms in total. The fraction of sp³-hybridized carbons (Fsp3) is 0.381. The molecule has 1 amide bonds. The molecule has 0 aliphatic carbocycles. The number of rotatable bonds is 1. The Labute approximate surface area is 155 Å². The number of carbonyl (C=O) groups is 1. The number of nitrogens with zero attached hydrogens (tertiary/aromatic N) is 1. The van der Waals surface area contributed by atoms with Crippen LogP contribution in [0.25, 0.3) is 16.5 Å². The molecule has 0 spiro atoms. The molecule has 2 N–H and O–H groups in total.